The molecule has 1 aromatic heterocycles. The zero-order chi connectivity index (χ0) is 11.9. The Bertz CT molecular complexity index is 531. The molecule has 3 rings (SSSR count). The van der Waals surface area contributed by atoms with Gasteiger partial charge in [0.1, 0.15) is 5.82 Å². The van der Waals surface area contributed by atoms with Crippen LogP contribution in [0.2, 0.25) is 5.28 Å². The standard InChI is InChI=1S/C12H11ClN4/c13-10-15-9(16-11(14)17-10)12(6-7-12)8-4-2-1-3-5-8/h1-5H,6-7H2,(H2,14,15,16,17). The van der Waals surface area contributed by atoms with E-state index < -0.39 is 0 Å². The first-order valence-electron chi connectivity index (χ1n) is 5.44. The molecule has 0 saturated heterocycles. The number of aromatic nitrogens is 3. The lowest BCUT2D eigenvalue weighted by molar-refractivity contribution is 0.745. The summed E-state index contributed by atoms with van der Waals surface area (Å²) in [5.41, 5.74) is 6.72. The zero-order valence-electron chi connectivity index (χ0n) is 9.10. The van der Waals surface area contributed by atoms with Crippen LogP contribution < -0.4 is 5.73 Å². The van der Waals surface area contributed by atoms with E-state index >= 15 is 0 Å². The summed E-state index contributed by atoms with van der Waals surface area (Å²) < 4.78 is 0. The molecule has 0 aliphatic heterocycles. The van der Waals surface area contributed by atoms with Crippen molar-refractivity contribution in [2.45, 2.75) is 18.3 Å². The van der Waals surface area contributed by atoms with Gasteiger partial charge in [-0.15, -0.1) is 0 Å². The van der Waals surface area contributed by atoms with Crippen molar-refractivity contribution in [2.24, 2.45) is 0 Å². The van der Waals surface area contributed by atoms with Crippen molar-refractivity contribution in [3.05, 3.63) is 47.0 Å². The molecule has 5 heteroatoms. The van der Waals surface area contributed by atoms with Gasteiger partial charge in [-0.3, -0.25) is 0 Å². The largest absolute Gasteiger partial charge is 0.368 e. The molecule has 1 aromatic carbocycles. The predicted octanol–water partition coefficient (Wildman–Crippen LogP) is 2.19. The lowest BCUT2D eigenvalue weighted by atomic mass is 9.95. The van der Waals surface area contributed by atoms with Gasteiger partial charge in [0, 0.05) is 0 Å². The molecule has 2 aromatic rings. The van der Waals surface area contributed by atoms with Crippen molar-refractivity contribution < 1.29 is 0 Å². The number of nitrogens with two attached hydrogens (primary N) is 1. The lowest BCUT2D eigenvalue weighted by Crippen LogP contribution is -2.15. The topological polar surface area (TPSA) is 64.7 Å². The van der Waals surface area contributed by atoms with Crippen LogP contribution in [0.15, 0.2) is 30.3 Å². The third-order valence-electron chi connectivity index (χ3n) is 3.13. The van der Waals surface area contributed by atoms with E-state index in [1.807, 2.05) is 18.2 Å². The first-order valence-corrected chi connectivity index (χ1v) is 5.82. The van der Waals surface area contributed by atoms with E-state index in [4.69, 9.17) is 17.3 Å². The molecule has 1 heterocycles. The molecule has 17 heavy (non-hydrogen) atoms. The molecule has 4 nitrogen and oxygen atoms in total. The van der Waals surface area contributed by atoms with Crippen molar-refractivity contribution >= 4 is 17.5 Å². The summed E-state index contributed by atoms with van der Waals surface area (Å²) in [7, 11) is 0. The fraction of sp³-hybridized carbons (Fsp3) is 0.250. The summed E-state index contributed by atoms with van der Waals surface area (Å²) in [5, 5.41) is 0.162. The molecule has 1 aliphatic rings. The Morgan fingerprint density at radius 2 is 1.76 bits per heavy atom. The summed E-state index contributed by atoms with van der Waals surface area (Å²) >= 11 is 5.83. The second-order valence-corrected chi connectivity index (χ2v) is 4.57. The third kappa shape index (κ3) is 1.74. The maximum Gasteiger partial charge on any atom is 0.227 e. The van der Waals surface area contributed by atoms with E-state index in [0.29, 0.717) is 5.82 Å². The fourth-order valence-electron chi connectivity index (χ4n) is 2.10. The van der Waals surface area contributed by atoms with Gasteiger partial charge in [-0.05, 0) is 30.0 Å². The van der Waals surface area contributed by atoms with Crippen molar-refractivity contribution in [2.75, 3.05) is 5.73 Å². The van der Waals surface area contributed by atoms with Gasteiger partial charge in [0.2, 0.25) is 11.2 Å². The number of rotatable bonds is 2. The highest BCUT2D eigenvalue weighted by molar-refractivity contribution is 6.28. The van der Waals surface area contributed by atoms with Gasteiger partial charge in [0.25, 0.3) is 0 Å². The van der Waals surface area contributed by atoms with Crippen LogP contribution in [0, 0.1) is 0 Å². The number of anilines is 1. The molecule has 1 fully saturated rings. The van der Waals surface area contributed by atoms with E-state index in [2.05, 4.69) is 27.1 Å². The number of benzene rings is 1. The van der Waals surface area contributed by atoms with Crippen LogP contribution in [0.4, 0.5) is 5.95 Å². The minimum Gasteiger partial charge on any atom is -0.368 e. The van der Waals surface area contributed by atoms with E-state index in [1.54, 1.807) is 0 Å². The molecule has 1 saturated carbocycles. The summed E-state index contributed by atoms with van der Waals surface area (Å²) in [4.78, 5) is 12.2. The van der Waals surface area contributed by atoms with Gasteiger partial charge >= 0.3 is 0 Å². The second kappa shape index (κ2) is 3.67. The van der Waals surface area contributed by atoms with Crippen LogP contribution in [-0.2, 0) is 5.41 Å². The highest BCUT2D eigenvalue weighted by Gasteiger charge is 2.48. The summed E-state index contributed by atoms with van der Waals surface area (Å²) in [6, 6.07) is 10.2. The molecule has 86 valence electrons. The lowest BCUT2D eigenvalue weighted by Gasteiger charge is -2.14. The minimum absolute atomic E-state index is 0.109. The summed E-state index contributed by atoms with van der Waals surface area (Å²) in [6.07, 6.45) is 2.05. The van der Waals surface area contributed by atoms with Gasteiger partial charge in [-0.2, -0.15) is 9.97 Å². The zero-order valence-corrected chi connectivity index (χ0v) is 9.85. The van der Waals surface area contributed by atoms with E-state index in [1.165, 1.54) is 5.56 Å². The highest BCUT2D eigenvalue weighted by Crippen LogP contribution is 2.52. The maximum absolute atomic E-state index is 5.83. The Labute approximate surface area is 104 Å². The quantitative estimate of drug-likeness (QED) is 0.882. The molecule has 1 aliphatic carbocycles. The maximum atomic E-state index is 5.83. The van der Waals surface area contributed by atoms with E-state index in [0.717, 1.165) is 12.8 Å². The third-order valence-corrected chi connectivity index (χ3v) is 3.30. The van der Waals surface area contributed by atoms with Gasteiger partial charge in [0.15, 0.2) is 0 Å². The second-order valence-electron chi connectivity index (χ2n) is 4.23. The van der Waals surface area contributed by atoms with Crippen LogP contribution >= 0.6 is 11.6 Å². The van der Waals surface area contributed by atoms with Crippen molar-refractivity contribution in [1.82, 2.24) is 15.0 Å². The fourth-order valence-corrected chi connectivity index (χ4v) is 2.27. The Morgan fingerprint density at radius 1 is 1.06 bits per heavy atom. The molecule has 0 spiro atoms. The number of hydrogen-bond acceptors (Lipinski definition) is 4. The van der Waals surface area contributed by atoms with E-state index in [9.17, 15) is 0 Å². The Kier molecular flexibility index (Phi) is 2.26. The highest BCUT2D eigenvalue weighted by atomic mass is 35.5. The smallest absolute Gasteiger partial charge is 0.227 e. The molecule has 0 bridgehead atoms. The van der Waals surface area contributed by atoms with Crippen LogP contribution in [0.1, 0.15) is 24.2 Å². The van der Waals surface area contributed by atoms with Crippen LogP contribution in [-0.4, -0.2) is 15.0 Å². The van der Waals surface area contributed by atoms with Gasteiger partial charge in [-0.25, -0.2) is 4.98 Å². The minimum atomic E-state index is -0.109. The Hall–Kier alpha value is -1.68. The van der Waals surface area contributed by atoms with Crippen molar-refractivity contribution in [1.29, 1.82) is 0 Å². The van der Waals surface area contributed by atoms with Gasteiger partial charge < -0.3 is 5.73 Å². The number of nitrogen functional groups attached to an aromatic ring is 1. The first kappa shape index (κ1) is 10.5. The SMILES string of the molecule is Nc1nc(Cl)nc(C2(c3ccccc3)CC2)n1. The molecule has 0 amide bonds. The van der Waals surface area contributed by atoms with Crippen molar-refractivity contribution in [3.63, 3.8) is 0 Å². The van der Waals surface area contributed by atoms with E-state index in [-0.39, 0.29) is 16.6 Å². The Balaban J connectivity index is 2.09. The summed E-state index contributed by atoms with van der Waals surface area (Å²) in [6.45, 7) is 0. The molecule has 0 atom stereocenters. The normalized spacial score (nSPS) is 16.8. The molecule has 0 unspecified atom stereocenters. The monoisotopic (exact) mass is 246 g/mol. The molecule has 0 radical (unpaired) electrons. The van der Waals surface area contributed by atoms with Gasteiger partial charge in [-0.1, -0.05) is 30.3 Å². The average molecular weight is 247 g/mol. The first-order chi connectivity index (χ1) is 8.21. The molecular weight excluding hydrogens is 236 g/mol. The molecular formula is C12H11ClN4. The summed E-state index contributed by atoms with van der Waals surface area (Å²) in [5.74, 6) is 0.864. The van der Waals surface area contributed by atoms with Crippen LogP contribution in [0.3, 0.4) is 0 Å². The molecule has 2 N–H and O–H groups in total. The number of nitrogens with zero attached hydrogens (tertiary/aromatic N) is 3. The van der Waals surface area contributed by atoms with Crippen LogP contribution in [0.5, 0.6) is 0 Å². The predicted molar refractivity (Wildman–Crippen MR) is 65.7 cm³/mol. The van der Waals surface area contributed by atoms with Crippen molar-refractivity contribution in [3.8, 4) is 0 Å². The van der Waals surface area contributed by atoms with Gasteiger partial charge in [0.05, 0.1) is 5.41 Å². The average Bonchev–Trinajstić information content (AvgIpc) is 3.10. The Morgan fingerprint density at radius 3 is 2.35 bits per heavy atom. The van der Waals surface area contributed by atoms with Crippen LogP contribution in [0.25, 0.3) is 0 Å². The number of hydrogen-bond donors (Lipinski definition) is 1. The number of halogens is 1.